The minimum atomic E-state index is -2.07. The van der Waals surface area contributed by atoms with Crippen molar-refractivity contribution in [3.8, 4) is 0 Å². The second-order valence-corrected chi connectivity index (χ2v) is 24.4. The van der Waals surface area contributed by atoms with Crippen molar-refractivity contribution in [2.45, 2.75) is 213 Å². The van der Waals surface area contributed by atoms with Crippen molar-refractivity contribution < 1.29 is 19.2 Å². The topological polar surface area (TPSA) is 220 Å². The number of carbonyl (C=O) groups is 4. The van der Waals surface area contributed by atoms with Gasteiger partial charge in [-0.3, -0.25) is 19.2 Å². The maximum atomic E-state index is 16.1. The van der Waals surface area contributed by atoms with Gasteiger partial charge in [0, 0.05) is 50.7 Å². The summed E-state index contributed by atoms with van der Waals surface area (Å²) in [5.74, 6) is -5.56. The molecule has 2 atom stereocenters. The summed E-state index contributed by atoms with van der Waals surface area (Å²) in [6.07, 6.45) is 2.80. The fraction of sp³-hybridized carbons (Fsp3) is 0.909. The molecule has 0 aromatic heterocycles. The molecule has 12 heteroatoms. The van der Waals surface area contributed by atoms with Gasteiger partial charge in [-0.25, -0.2) is 0 Å². The molecule has 12 nitrogen and oxygen atoms in total. The highest BCUT2D eigenvalue weighted by Crippen LogP contribution is 2.73. The summed E-state index contributed by atoms with van der Waals surface area (Å²) in [6, 6.07) is 0. The molecule has 0 aromatic carbocycles. The predicted octanol–water partition coefficient (Wildman–Crippen LogP) is 4.50. The lowest BCUT2D eigenvalue weighted by Gasteiger charge is -2.71. The minimum Gasteiger partial charge on any atom is -0.370 e. The van der Waals surface area contributed by atoms with Crippen LogP contribution in [0.2, 0.25) is 0 Å². The second-order valence-electron chi connectivity index (χ2n) is 24.4. The summed E-state index contributed by atoms with van der Waals surface area (Å²) < 4.78 is 0. The molecule has 56 heavy (non-hydrogen) atoms. The second kappa shape index (κ2) is 13.9. The van der Waals surface area contributed by atoms with Crippen LogP contribution in [0.15, 0.2) is 0 Å². The number of rotatable bonds is 11. The first-order chi connectivity index (χ1) is 24.8. The fourth-order valence-electron chi connectivity index (χ4n) is 15.2. The lowest BCUT2D eigenvalue weighted by atomic mass is 9.32. The molecule has 0 aromatic rings. The van der Waals surface area contributed by atoms with Crippen LogP contribution in [0, 0.1) is 39.9 Å². The number of hydrogen-bond acceptors (Lipinski definition) is 8. The van der Waals surface area contributed by atoms with Crippen molar-refractivity contribution in [1.29, 1.82) is 0 Å². The summed E-state index contributed by atoms with van der Waals surface area (Å²) in [5, 5.41) is 15.1. The molecule has 4 aliphatic heterocycles. The highest BCUT2D eigenvalue weighted by atomic mass is 16.2. The molecular formula is C44H82N8O4. The van der Waals surface area contributed by atoms with Gasteiger partial charge in [0.15, 0.2) is 0 Å². The van der Waals surface area contributed by atoms with Gasteiger partial charge in [0.2, 0.25) is 23.6 Å². The molecule has 4 amide bonds. The maximum Gasteiger partial charge on any atom is 0.226 e. The Morgan fingerprint density at radius 2 is 0.661 bits per heavy atom. The number of carbonyl (C=O) groups excluding carboxylic acids is 4. The molecule has 4 aliphatic rings. The Kier molecular flexibility index (Phi) is 11.5. The van der Waals surface area contributed by atoms with Gasteiger partial charge in [0.1, 0.15) is 0 Å². The zero-order chi connectivity index (χ0) is 43.3. The van der Waals surface area contributed by atoms with Crippen molar-refractivity contribution in [1.82, 2.24) is 21.3 Å². The Labute approximate surface area is 339 Å². The number of nitrogens with two attached hydrogens (primary N) is 4. The fourth-order valence-corrected chi connectivity index (χ4v) is 15.2. The van der Waals surface area contributed by atoms with Gasteiger partial charge < -0.3 is 44.2 Å². The van der Waals surface area contributed by atoms with Gasteiger partial charge >= 0.3 is 0 Å². The van der Waals surface area contributed by atoms with E-state index in [-0.39, 0.29) is 0 Å². The maximum absolute atomic E-state index is 16.1. The zero-order valence-corrected chi connectivity index (χ0v) is 38.1. The van der Waals surface area contributed by atoms with E-state index in [4.69, 9.17) is 22.9 Å². The predicted molar refractivity (Wildman–Crippen MR) is 225 cm³/mol. The molecule has 0 saturated carbocycles. The van der Waals surface area contributed by atoms with Crippen LogP contribution in [0.3, 0.4) is 0 Å². The Hall–Kier alpha value is -2.28. The van der Waals surface area contributed by atoms with E-state index in [1.807, 2.05) is 0 Å². The molecule has 4 saturated heterocycles. The molecule has 4 heterocycles. The van der Waals surface area contributed by atoms with E-state index in [2.05, 4.69) is 132 Å². The Bertz CT molecular complexity index is 1480. The smallest absolute Gasteiger partial charge is 0.226 e. The molecule has 12 N–H and O–H groups in total. The van der Waals surface area contributed by atoms with Gasteiger partial charge in [-0.05, 0) is 186 Å². The molecule has 2 unspecified atom stereocenters. The summed E-state index contributed by atoms with van der Waals surface area (Å²) >= 11 is 0. The Morgan fingerprint density at radius 1 is 0.411 bits per heavy atom. The first-order valence-electron chi connectivity index (χ1n) is 21.2. The van der Waals surface area contributed by atoms with Crippen molar-refractivity contribution in [2.75, 3.05) is 0 Å². The van der Waals surface area contributed by atoms with E-state index in [9.17, 15) is 4.79 Å². The summed E-state index contributed by atoms with van der Waals surface area (Å²) in [6.45, 7) is 33.6. The first kappa shape index (κ1) is 46.4. The van der Waals surface area contributed by atoms with Crippen LogP contribution in [0.5, 0.6) is 0 Å². The van der Waals surface area contributed by atoms with E-state index >= 15 is 14.4 Å². The Balaban J connectivity index is 2.44. The molecule has 0 radical (unpaired) electrons. The van der Waals surface area contributed by atoms with Crippen LogP contribution >= 0.6 is 0 Å². The molecule has 4 fully saturated rings. The van der Waals surface area contributed by atoms with E-state index in [1.54, 1.807) is 0 Å². The van der Waals surface area contributed by atoms with Crippen molar-refractivity contribution >= 4 is 23.6 Å². The lowest BCUT2D eigenvalue weighted by molar-refractivity contribution is -0.231. The third-order valence-electron chi connectivity index (χ3n) is 14.4. The lowest BCUT2D eigenvalue weighted by Crippen LogP contribution is -2.81. The van der Waals surface area contributed by atoms with Crippen molar-refractivity contribution in [2.24, 2.45) is 62.9 Å². The molecule has 4 rings (SSSR count). The molecular weight excluding hydrogens is 705 g/mol. The number of hydrogen-bond donors (Lipinski definition) is 8. The highest BCUT2D eigenvalue weighted by molar-refractivity contribution is 6.01. The third-order valence-corrected chi connectivity index (χ3v) is 14.4. The van der Waals surface area contributed by atoms with Crippen LogP contribution < -0.4 is 44.2 Å². The van der Waals surface area contributed by atoms with Crippen LogP contribution in [-0.4, -0.2) is 67.9 Å². The number of amides is 4. The normalized spacial score (nSPS) is 29.6. The summed E-state index contributed by atoms with van der Waals surface area (Å²) in [7, 11) is 0. The van der Waals surface area contributed by atoms with Gasteiger partial charge in [0.05, 0.1) is 16.2 Å². The third kappa shape index (κ3) is 8.29. The number of piperidine rings is 4. The zero-order valence-electron chi connectivity index (χ0n) is 38.1. The van der Waals surface area contributed by atoms with Crippen LogP contribution in [0.1, 0.15) is 169 Å². The van der Waals surface area contributed by atoms with Gasteiger partial charge in [-0.1, -0.05) is 0 Å². The molecule has 322 valence electrons. The van der Waals surface area contributed by atoms with E-state index in [0.29, 0.717) is 51.4 Å². The quantitative estimate of drug-likeness (QED) is 0.149. The summed E-state index contributed by atoms with van der Waals surface area (Å²) in [4.78, 5) is 61.6. The van der Waals surface area contributed by atoms with E-state index in [1.165, 1.54) is 0 Å². The van der Waals surface area contributed by atoms with Gasteiger partial charge in [-0.2, -0.15) is 0 Å². The molecule has 0 bridgehead atoms. The van der Waals surface area contributed by atoms with Crippen LogP contribution in [0.4, 0.5) is 0 Å². The monoisotopic (exact) mass is 787 g/mol. The SMILES string of the molecule is CC1(C)CC(C(CC(N)=O)(C(N)=O)C(C(N)=O)(C2CC(C)(C)NC(C)(C)C2)C(C(N)=O)(C2CC(C)(C)NC(C)(C)C2)C2CC(C)(C)NC(C)(C)C2)CC(C)(C)N1. The molecule has 0 aliphatic carbocycles. The Morgan fingerprint density at radius 3 is 0.875 bits per heavy atom. The van der Waals surface area contributed by atoms with Crippen LogP contribution in [0.25, 0.3) is 0 Å². The largest absolute Gasteiger partial charge is 0.370 e. The van der Waals surface area contributed by atoms with Crippen molar-refractivity contribution in [3.63, 3.8) is 0 Å². The van der Waals surface area contributed by atoms with Gasteiger partial charge in [-0.15, -0.1) is 0 Å². The number of primary amides is 4. The van der Waals surface area contributed by atoms with Crippen molar-refractivity contribution in [3.05, 3.63) is 0 Å². The molecule has 0 spiro atoms. The standard InChI is InChI=1S/C44H82N8O4/c1-34(2)17-26(18-35(3,4)49-34)42(31(46)54,25-30(45)53)44(33(48)56,29-23-40(13,14)52-41(15,16)24-29)43(32(47)55,27-19-36(5,6)50-37(7,8)20-27)28-21-38(9,10)51-39(11,12)22-28/h26-29,49-52H,17-25H2,1-16H3,(H2,45,53)(H2,46,54)(H2,47,55)(H2,48,56). The van der Waals surface area contributed by atoms with E-state index in [0.717, 1.165) is 0 Å². The van der Waals surface area contributed by atoms with Crippen LogP contribution in [-0.2, 0) is 19.2 Å². The van der Waals surface area contributed by atoms with E-state index < -0.39 is 114 Å². The average Bonchev–Trinajstić information content (AvgIpc) is 2.86. The summed E-state index contributed by atoms with van der Waals surface area (Å²) in [5.41, 5.74) is 17.7. The van der Waals surface area contributed by atoms with Gasteiger partial charge in [0.25, 0.3) is 0 Å². The first-order valence-corrected chi connectivity index (χ1v) is 21.2. The average molecular weight is 787 g/mol. The highest BCUT2D eigenvalue weighted by Gasteiger charge is 2.81. The number of nitrogens with one attached hydrogen (secondary N) is 4. The minimum absolute atomic E-state index is 0.370.